The van der Waals surface area contributed by atoms with Gasteiger partial charge in [0, 0.05) is 12.5 Å². The molecule has 0 aromatic heterocycles. The van der Waals surface area contributed by atoms with Crippen LogP contribution < -0.4 is 5.73 Å². The second kappa shape index (κ2) is 6.00. The number of aliphatic carboxylic acids is 1. The third-order valence-electron chi connectivity index (χ3n) is 1.89. The van der Waals surface area contributed by atoms with Crippen LogP contribution in [0.2, 0.25) is 0 Å². The molecule has 0 aliphatic carbocycles. The van der Waals surface area contributed by atoms with E-state index in [0.717, 1.165) is 19.3 Å². The molecule has 2 unspecified atom stereocenters. The minimum atomic E-state index is -0.730. The first-order chi connectivity index (χ1) is 5.56. The van der Waals surface area contributed by atoms with Gasteiger partial charge in [-0.25, -0.2) is 0 Å². The highest BCUT2D eigenvalue weighted by molar-refractivity contribution is 5.66. The maximum absolute atomic E-state index is 10.3. The van der Waals surface area contributed by atoms with E-state index >= 15 is 0 Å². The normalized spacial score (nSPS) is 15.6. The number of carbonyl (C=O) groups is 1. The fraction of sp³-hybridized carbons (Fsp3) is 0.889. The van der Waals surface area contributed by atoms with Crippen molar-refractivity contribution in [3.05, 3.63) is 0 Å². The van der Waals surface area contributed by atoms with Gasteiger partial charge in [0.15, 0.2) is 0 Å². The minimum absolute atomic E-state index is 0.171. The summed E-state index contributed by atoms with van der Waals surface area (Å²) in [6.45, 7) is 4.02. The second-order valence-electron chi connectivity index (χ2n) is 3.49. The molecule has 3 N–H and O–H groups in total. The molecule has 0 aliphatic rings. The highest BCUT2D eigenvalue weighted by Gasteiger charge is 2.11. The second-order valence-corrected chi connectivity index (χ2v) is 3.49. The average Bonchev–Trinajstić information content (AvgIpc) is 1.84. The fourth-order valence-corrected chi connectivity index (χ4v) is 1.39. The van der Waals surface area contributed by atoms with Gasteiger partial charge in [0.2, 0.25) is 0 Å². The standard InChI is InChI=1S/C9H19NO2/c1-3-4-8(10)5-7(2)6-9(11)12/h7-8H,3-6,10H2,1-2H3,(H,11,12). The molecule has 3 heteroatoms. The third kappa shape index (κ3) is 6.16. The molecule has 0 fully saturated rings. The summed E-state index contributed by atoms with van der Waals surface area (Å²) in [5.41, 5.74) is 5.77. The molecule has 72 valence electrons. The smallest absolute Gasteiger partial charge is 0.303 e. The number of nitrogens with two attached hydrogens (primary N) is 1. The molecule has 0 aromatic rings. The van der Waals surface area contributed by atoms with Crippen molar-refractivity contribution < 1.29 is 9.90 Å². The van der Waals surface area contributed by atoms with Crippen molar-refractivity contribution in [1.29, 1.82) is 0 Å². The summed E-state index contributed by atoms with van der Waals surface area (Å²) >= 11 is 0. The van der Waals surface area contributed by atoms with E-state index in [4.69, 9.17) is 10.8 Å². The van der Waals surface area contributed by atoms with Gasteiger partial charge >= 0.3 is 5.97 Å². The lowest BCUT2D eigenvalue weighted by atomic mass is 9.97. The van der Waals surface area contributed by atoms with Crippen LogP contribution in [0.3, 0.4) is 0 Å². The first kappa shape index (κ1) is 11.4. The van der Waals surface area contributed by atoms with Gasteiger partial charge in [-0.1, -0.05) is 20.3 Å². The van der Waals surface area contributed by atoms with Crippen molar-refractivity contribution in [3.8, 4) is 0 Å². The minimum Gasteiger partial charge on any atom is -0.481 e. The lowest BCUT2D eigenvalue weighted by molar-refractivity contribution is -0.138. The molecule has 3 nitrogen and oxygen atoms in total. The van der Waals surface area contributed by atoms with Crippen molar-refractivity contribution in [1.82, 2.24) is 0 Å². The molecule has 0 aliphatic heterocycles. The summed E-state index contributed by atoms with van der Waals surface area (Å²) in [5.74, 6) is -0.532. The zero-order valence-corrected chi connectivity index (χ0v) is 7.92. The Morgan fingerprint density at radius 3 is 2.58 bits per heavy atom. The van der Waals surface area contributed by atoms with Crippen LogP contribution in [-0.4, -0.2) is 17.1 Å². The number of hydrogen-bond donors (Lipinski definition) is 2. The van der Waals surface area contributed by atoms with Gasteiger partial charge in [-0.05, 0) is 18.8 Å². The van der Waals surface area contributed by atoms with Gasteiger partial charge in [-0.15, -0.1) is 0 Å². The number of carboxylic acids is 1. The topological polar surface area (TPSA) is 63.3 Å². The van der Waals surface area contributed by atoms with Crippen LogP contribution in [0.15, 0.2) is 0 Å². The molecule has 12 heavy (non-hydrogen) atoms. The van der Waals surface area contributed by atoms with Gasteiger partial charge in [0.25, 0.3) is 0 Å². The molecule has 0 bridgehead atoms. The monoisotopic (exact) mass is 173 g/mol. The van der Waals surface area contributed by atoms with Gasteiger partial charge in [-0.2, -0.15) is 0 Å². The van der Waals surface area contributed by atoms with Gasteiger partial charge in [-0.3, -0.25) is 4.79 Å². The van der Waals surface area contributed by atoms with E-state index < -0.39 is 5.97 Å². The predicted molar refractivity (Wildman–Crippen MR) is 48.9 cm³/mol. The summed E-state index contributed by atoms with van der Waals surface area (Å²) in [6, 6.07) is 0.171. The Morgan fingerprint density at radius 2 is 2.17 bits per heavy atom. The van der Waals surface area contributed by atoms with Crippen molar-refractivity contribution in [2.24, 2.45) is 11.7 Å². The number of carboxylic acid groups (broad SMARTS) is 1. The van der Waals surface area contributed by atoms with E-state index in [1.807, 2.05) is 6.92 Å². The van der Waals surface area contributed by atoms with E-state index in [1.165, 1.54) is 0 Å². The van der Waals surface area contributed by atoms with Crippen molar-refractivity contribution >= 4 is 5.97 Å². The van der Waals surface area contributed by atoms with Crippen molar-refractivity contribution in [2.45, 2.75) is 45.6 Å². The third-order valence-corrected chi connectivity index (χ3v) is 1.89. The van der Waals surface area contributed by atoms with Crippen LogP contribution in [-0.2, 0) is 4.79 Å². The van der Waals surface area contributed by atoms with Gasteiger partial charge in [0.1, 0.15) is 0 Å². The predicted octanol–water partition coefficient (Wildman–Crippen LogP) is 1.61. The molecule has 0 aromatic carbocycles. The average molecular weight is 173 g/mol. The number of hydrogen-bond acceptors (Lipinski definition) is 2. The Balaban J connectivity index is 3.53. The first-order valence-corrected chi connectivity index (χ1v) is 4.53. The molecular weight excluding hydrogens is 154 g/mol. The Morgan fingerprint density at radius 1 is 1.58 bits per heavy atom. The van der Waals surface area contributed by atoms with Crippen LogP contribution in [0.4, 0.5) is 0 Å². The van der Waals surface area contributed by atoms with Crippen LogP contribution in [0.5, 0.6) is 0 Å². The van der Waals surface area contributed by atoms with E-state index in [-0.39, 0.29) is 18.4 Å². The summed E-state index contributed by atoms with van der Waals surface area (Å²) in [5, 5.41) is 8.49. The van der Waals surface area contributed by atoms with Crippen LogP contribution >= 0.6 is 0 Å². The van der Waals surface area contributed by atoms with Crippen LogP contribution in [0.1, 0.15) is 39.5 Å². The molecule has 0 saturated carbocycles. The lowest BCUT2D eigenvalue weighted by Crippen LogP contribution is -2.23. The molecule has 0 rings (SSSR count). The Hall–Kier alpha value is -0.570. The van der Waals surface area contributed by atoms with E-state index in [9.17, 15) is 4.79 Å². The molecule has 0 saturated heterocycles. The maximum Gasteiger partial charge on any atom is 0.303 e. The highest BCUT2D eigenvalue weighted by Crippen LogP contribution is 2.11. The van der Waals surface area contributed by atoms with Crippen LogP contribution in [0, 0.1) is 5.92 Å². The lowest BCUT2D eigenvalue weighted by Gasteiger charge is -2.14. The summed E-state index contributed by atoms with van der Waals surface area (Å²) in [4.78, 5) is 10.3. The van der Waals surface area contributed by atoms with Gasteiger partial charge < -0.3 is 10.8 Å². The summed E-state index contributed by atoms with van der Waals surface area (Å²) < 4.78 is 0. The maximum atomic E-state index is 10.3. The Labute approximate surface area is 74.0 Å². The van der Waals surface area contributed by atoms with Crippen molar-refractivity contribution in [3.63, 3.8) is 0 Å². The highest BCUT2D eigenvalue weighted by atomic mass is 16.4. The summed E-state index contributed by atoms with van der Waals surface area (Å²) in [6.07, 6.45) is 3.11. The van der Waals surface area contributed by atoms with E-state index in [1.54, 1.807) is 0 Å². The SMILES string of the molecule is CCCC(N)CC(C)CC(=O)O. The largest absolute Gasteiger partial charge is 0.481 e. The van der Waals surface area contributed by atoms with Gasteiger partial charge in [0.05, 0.1) is 0 Å². The van der Waals surface area contributed by atoms with E-state index in [0.29, 0.717) is 0 Å². The molecule has 0 amide bonds. The Kier molecular flexibility index (Phi) is 5.72. The number of rotatable bonds is 6. The molecular formula is C9H19NO2. The van der Waals surface area contributed by atoms with Crippen LogP contribution in [0.25, 0.3) is 0 Å². The van der Waals surface area contributed by atoms with E-state index in [2.05, 4.69) is 6.92 Å². The molecule has 0 spiro atoms. The Bertz CT molecular complexity index is 136. The zero-order chi connectivity index (χ0) is 9.56. The van der Waals surface area contributed by atoms with Crippen molar-refractivity contribution in [2.75, 3.05) is 0 Å². The fourth-order valence-electron chi connectivity index (χ4n) is 1.39. The summed E-state index contributed by atoms with van der Waals surface area (Å²) in [7, 11) is 0. The molecule has 0 radical (unpaired) electrons. The molecule has 0 heterocycles. The zero-order valence-electron chi connectivity index (χ0n) is 7.92. The first-order valence-electron chi connectivity index (χ1n) is 4.53. The molecule has 2 atom stereocenters. The quantitative estimate of drug-likeness (QED) is 0.641.